The average Bonchev–Trinajstić information content (AvgIpc) is 4.21. The number of hydrogen-bond acceptors (Lipinski definition) is 4. The molecule has 0 atom stereocenters. The summed E-state index contributed by atoms with van der Waals surface area (Å²) >= 11 is 1.22. The minimum atomic E-state index is -0.500. The van der Waals surface area contributed by atoms with Gasteiger partial charge in [-0.15, -0.1) is 11.3 Å². The Kier molecular flexibility index (Phi) is 5.57. The Hall–Kier alpha value is -7.99. The van der Waals surface area contributed by atoms with E-state index in [2.05, 4.69) is 0 Å². The number of hydrogen-bond donors (Lipinski definition) is 0. The molecule has 5 heteroatoms. The fourth-order valence-corrected chi connectivity index (χ4v) is 9.09. The maximum atomic E-state index is 9.66. The number of rotatable bonds is 7. The molecule has 12 rings (SSSR count). The molecule has 3 heterocycles. The molecule has 290 valence electrons. The molecule has 0 aliphatic carbocycles. The lowest BCUT2D eigenvalue weighted by Gasteiger charge is -2.15. The summed E-state index contributed by atoms with van der Waals surface area (Å²) in [6.45, 7) is 0. The molecule has 0 bridgehead atoms. The summed E-state index contributed by atoms with van der Waals surface area (Å²) in [5.74, 6) is 0.584. The van der Waals surface area contributed by atoms with Gasteiger partial charge in [0.05, 0.1) is 38.7 Å². The van der Waals surface area contributed by atoms with Crippen LogP contribution >= 0.6 is 11.3 Å². The molecule has 0 saturated heterocycles. The first-order valence-electron chi connectivity index (χ1n) is 27.5. The predicted molar refractivity (Wildman–Crippen MR) is 260 cm³/mol. The van der Waals surface area contributed by atoms with Crippen LogP contribution in [0.2, 0.25) is 0 Å². The van der Waals surface area contributed by atoms with Crippen LogP contribution in [0.5, 0.6) is 0 Å². The van der Waals surface area contributed by atoms with Gasteiger partial charge in [-0.25, -0.2) is 15.0 Å². The standard InChI is InChI=1S/C57H36N4S/c1-4-17-37(18-5-1)40-33-34-52-49(36-40)45-25-10-12-31-50(45)61(52)51-32-13-11-26-48(51)57-59-55(39-21-8-3-9-22-39)58-56(60-57)42-24-14-23-41(35-42)44-28-16-30-47-46-29-15-27-43(53(46)62-54(44)47)38-19-6-2-7-20-38/h1-36H/i1D,2D,10D,15D,16D,17D,18D,19D,20D,25D,29D,30D,31D,33D,34D,36D. The normalized spacial score (nSPS) is 15.2. The van der Waals surface area contributed by atoms with Crippen LogP contribution in [0.25, 0.3) is 115 Å². The van der Waals surface area contributed by atoms with E-state index >= 15 is 0 Å². The van der Waals surface area contributed by atoms with E-state index < -0.39 is 18.1 Å². The van der Waals surface area contributed by atoms with Gasteiger partial charge in [-0.05, 0) is 69.7 Å². The zero-order chi connectivity index (χ0) is 54.9. The molecule has 0 spiro atoms. The average molecular weight is 825 g/mol. The van der Waals surface area contributed by atoms with Crippen LogP contribution in [0.3, 0.4) is 0 Å². The van der Waals surface area contributed by atoms with Gasteiger partial charge >= 0.3 is 0 Å². The van der Waals surface area contributed by atoms with Gasteiger partial charge in [0, 0.05) is 47.6 Å². The van der Waals surface area contributed by atoms with E-state index in [1.807, 2.05) is 42.5 Å². The molecule has 9 aromatic carbocycles. The SMILES string of the molecule is [2H]c1cc([2H])c(-c2c([2H])c([2H])c3c(c2[2H])c2c([2H])c([2H])cc([2H])c2n3-c2ccccc2-c2nc(-c3ccccc3)nc(-c3cccc(-c4cc([2H])c([2H])c5c4sc4c(-c6c([2H])cc([2H])cc6[2H])cc([2H])c([2H])c45)c3)n2)c([2H])c1. The second-order valence-electron chi connectivity index (χ2n) is 14.3. The highest BCUT2D eigenvalue weighted by atomic mass is 32.1. The van der Waals surface area contributed by atoms with Crippen molar-refractivity contribution < 1.29 is 21.9 Å². The summed E-state index contributed by atoms with van der Waals surface area (Å²) in [6.07, 6.45) is 0. The van der Waals surface area contributed by atoms with E-state index in [1.165, 1.54) is 52.3 Å². The summed E-state index contributed by atoms with van der Waals surface area (Å²) in [6, 6.07) is 28.6. The van der Waals surface area contributed by atoms with Crippen LogP contribution in [0.4, 0.5) is 0 Å². The van der Waals surface area contributed by atoms with Crippen LogP contribution in [-0.4, -0.2) is 19.5 Å². The zero-order valence-electron chi connectivity index (χ0n) is 48.2. The molecule has 0 aliphatic heterocycles. The molecule has 4 nitrogen and oxygen atoms in total. The van der Waals surface area contributed by atoms with E-state index in [9.17, 15) is 6.85 Å². The topological polar surface area (TPSA) is 43.6 Å². The largest absolute Gasteiger partial charge is 0.309 e. The van der Waals surface area contributed by atoms with Gasteiger partial charge in [0.25, 0.3) is 0 Å². The van der Waals surface area contributed by atoms with Crippen molar-refractivity contribution in [3.8, 4) is 73.2 Å². The number of aromatic nitrogens is 4. The molecule has 0 aliphatic rings. The number of thiophene rings is 1. The fraction of sp³-hybridized carbons (Fsp3) is 0. The van der Waals surface area contributed by atoms with Crippen molar-refractivity contribution in [1.82, 2.24) is 19.5 Å². The van der Waals surface area contributed by atoms with Crippen molar-refractivity contribution in [3.63, 3.8) is 0 Å². The molecular weight excluding hydrogens is 773 g/mol. The number of fused-ring (bicyclic) bond motifs is 6. The number of para-hydroxylation sites is 2. The van der Waals surface area contributed by atoms with Gasteiger partial charge in [-0.3, -0.25) is 0 Å². The van der Waals surface area contributed by atoms with E-state index in [0.717, 1.165) is 0 Å². The molecule has 0 unspecified atom stereocenters. The van der Waals surface area contributed by atoms with Crippen LogP contribution in [0, 0.1) is 0 Å². The Labute approximate surface area is 385 Å². The van der Waals surface area contributed by atoms with Crippen molar-refractivity contribution in [2.75, 3.05) is 0 Å². The van der Waals surface area contributed by atoms with E-state index in [4.69, 9.17) is 30.0 Å². The fourth-order valence-electron chi connectivity index (χ4n) is 7.82. The molecule has 0 fully saturated rings. The third-order valence-corrected chi connectivity index (χ3v) is 11.9. The maximum Gasteiger partial charge on any atom is 0.166 e. The minimum Gasteiger partial charge on any atom is -0.309 e. The molecule has 0 N–H and O–H groups in total. The molecular formula is C57H36N4S. The summed E-state index contributed by atoms with van der Waals surface area (Å²) in [4.78, 5) is 15.1. The second-order valence-corrected chi connectivity index (χ2v) is 15.3. The van der Waals surface area contributed by atoms with E-state index in [1.54, 1.807) is 42.5 Å². The summed E-state index contributed by atoms with van der Waals surface area (Å²) in [5.41, 5.74) is 3.01. The monoisotopic (exact) mass is 824 g/mol. The lowest BCUT2D eigenvalue weighted by atomic mass is 9.99. The summed E-state index contributed by atoms with van der Waals surface area (Å²) < 4.78 is 146. The van der Waals surface area contributed by atoms with Crippen LogP contribution in [-0.2, 0) is 0 Å². The van der Waals surface area contributed by atoms with E-state index in [-0.39, 0.29) is 151 Å². The second kappa shape index (κ2) is 14.9. The Bertz CT molecular complexity index is 4550. The van der Waals surface area contributed by atoms with Crippen LogP contribution in [0.1, 0.15) is 21.9 Å². The van der Waals surface area contributed by atoms with Gasteiger partial charge in [0.2, 0.25) is 0 Å². The van der Waals surface area contributed by atoms with Crippen molar-refractivity contribution in [1.29, 1.82) is 0 Å². The maximum absolute atomic E-state index is 9.66. The molecule has 0 saturated carbocycles. The first-order chi connectivity index (χ1) is 37.3. The van der Waals surface area contributed by atoms with Gasteiger partial charge in [0.15, 0.2) is 17.5 Å². The molecule has 0 radical (unpaired) electrons. The third kappa shape index (κ3) is 6.09. The number of benzene rings is 9. The van der Waals surface area contributed by atoms with Crippen molar-refractivity contribution in [2.24, 2.45) is 0 Å². The highest BCUT2D eigenvalue weighted by molar-refractivity contribution is 7.26. The van der Waals surface area contributed by atoms with Crippen LogP contribution < -0.4 is 0 Å². The zero-order valence-corrected chi connectivity index (χ0v) is 33.1. The molecule has 62 heavy (non-hydrogen) atoms. The Morgan fingerprint density at radius 2 is 0.968 bits per heavy atom. The molecule has 3 aromatic heterocycles. The molecule has 12 aromatic rings. The summed E-state index contributed by atoms with van der Waals surface area (Å²) in [5, 5.41) is 0.453. The minimum absolute atomic E-state index is 0.0183. The van der Waals surface area contributed by atoms with Gasteiger partial charge in [0.1, 0.15) is 0 Å². The van der Waals surface area contributed by atoms with Crippen molar-refractivity contribution in [2.45, 2.75) is 0 Å². The van der Waals surface area contributed by atoms with E-state index in [0.29, 0.717) is 42.8 Å². The predicted octanol–water partition coefficient (Wildman–Crippen LogP) is 15.3. The van der Waals surface area contributed by atoms with Crippen LogP contribution in [0.15, 0.2) is 218 Å². The van der Waals surface area contributed by atoms with Gasteiger partial charge in [-0.2, -0.15) is 0 Å². The first-order valence-corrected chi connectivity index (χ1v) is 20.3. The smallest absolute Gasteiger partial charge is 0.166 e. The Balaban J connectivity index is 1.09. The van der Waals surface area contributed by atoms with Crippen molar-refractivity contribution >= 4 is 53.3 Å². The third-order valence-electron chi connectivity index (χ3n) is 10.6. The summed E-state index contributed by atoms with van der Waals surface area (Å²) in [7, 11) is 0. The Morgan fingerprint density at radius 1 is 0.371 bits per heavy atom. The highest BCUT2D eigenvalue weighted by Gasteiger charge is 2.20. The highest BCUT2D eigenvalue weighted by Crippen LogP contribution is 2.44. The van der Waals surface area contributed by atoms with Gasteiger partial charge < -0.3 is 4.57 Å². The number of nitrogens with zero attached hydrogens (tertiary/aromatic N) is 4. The van der Waals surface area contributed by atoms with Gasteiger partial charge in [-0.1, -0.05) is 182 Å². The first kappa shape index (κ1) is 23.1. The Morgan fingerprint density at radius 3 is 1.74 bits per heavy atom. The van der Waals surface area contributed by atoms with Crippen molar-refractivity contribution in [3.05, 3.63) is 218 Å². The quantitative estimate of drug-likeness (QED) is 0.161. The lowest BCUT2D eigenvalue weighted by Crippen LogP contribution is -2.03. The molecule has 0 amide bonds. The lowest BCUT2D eigenvalue weighted by molar-refractivity contribution is 1.06.